The maximum Gasteiger partial charge on any atom is -0.00669 e. The van der Waals surface area contributed by atoms with Crippen LogP contribution in [-0.4, -0.2) is 0 Å². The van der Waals surface area contributed by atoms with E-state index in [2.05, 4.69) is 114 Å². The maximum absolute atomic E-state index is 2.44. The number of rotatable bonds is 9. The first-order valence-electron chi connectivity index (χ1n) is 14.0. The van der Waals surface area contributed by atoms with Crippen LogP contribution in [0, 0.1) is 6.92 Å². The largest absolute Gasteiger partial charge is 0.0651 e. The summed E-state index contributed by atoms with van der Waals surface area (Å²) in [5.74, 6) is 0. The smallest absolute Gasteiger partial charge is 0.00669 e. The Morgan fingerprint density at radius 1 is 0.472 bits per heavy atom. The molecule has 0 bridgehead atoms. The minimum Gasteiger partial charge on any atom is -0.0651 e. The third kappa shape index (κ3) is 5.49. The molecule has 4 rings (SSSR count). The summed E-state index contributed by atoms with van der Waals surface area (Å²) in [6, 6.07) is 28.4. The van der Waals surface area contributed by atoms with E-state index in [1.807, 2.05) is 0 Å². The Bertz CT molecular complexity index is 1300. The second kappa shape index (κ2) is 11.7. The first kappa shape index (κ1) is 26.0. The van der Waals surface area contributed by atoms with Crippen LogP contribution >= 0.6 is 0 Å². The Labute approximate surface area is 219 Å². The van der Waals surface area contributed by atoms with Gasteiger partial charge in [-0.2, -0.15) is 0 Å². The van der Waals surface area contributed by atoms with Crippen LogP contribution in [0.2, 0.25) is 0 Å². The van der Waals surface area contributed by atoms with Crippen LogP contribution < -0.4 is 0 Å². The standard InChI is InChI=1S/C36H42/c1-7-12-35-33(30-15-13-26(8-2)14-16-30)17-18-34(31-20-25(6)19-27(9-3)22-31)36(35)32-23-28(10-4)21-29(11-5)24-32/h13-24H,7-12H2,1-6H3. The zero-order chi connectivity index (χ0) is 25.7. The van der Waals surface area contributed by atoms with Gasteiger partial charge in [-0.05, 0) is 100 Å². The van der Waals surface area contributed by atoms with Gasteiger partial charge in [-0.3, -0.25) is 0 Å². The molecule has 4 aromatic rings. The van der Waals surface area contributed by atoms with Crippen LogP contribution in [0.5, 0.6) is 0 Å². The van der Waals surface area contributed by atoms with E-state index in [1.54, 1.807) is 0 Å². The van der Waals surface area contributed by atoms with Crippen molar-refractivity contribution >= 4 is 0 Å². The highest BCUT2D eigenvalue weighted by atomic mass is 14.2. The summed E-state index contributed by atoms with van der Waals surface area (Å²) < 4.78 is 0. The van der Waals surface area contributed by atoms with Gasteiger partial charge >= 0.3 is 0 Å². The summed E-state index contributed by atoms with van der Waals surface area (Å²) >= 11 is 0. The summed E-state index contributed by atoms with van der Waals surface area (Å²) in [6.07, 6.45) is 6.43. The normalized spacial score (nSPS) is 11.2. The maximum atomic E-state index is 2.44. The monoisotopic (exact) mass is 474 g/mol. The summed E-state index contributed by atoms with van der Waals surface area (Å²) in [5.41, 5.74) is 16.7. The highest BCUT2D eigenvalue weighted by Crippen LogP contribution is 2.42. The van der Waals surface area contributed by atoms with E-state index in [9.17, 15) is 0 Å². The molecule has 0 aliphatic rings. The van der Waals surface area contributed by atoms with Crippen LogP contribution in [0.15, 0.2) is 72.8 Å². The van der Waals surface area contributed by atoms with Crippen molar-refractivity contribution in [3.05, 3.63) is 106 Å². The molecular weight excluding hydrogens is 432 g/mol. The van der Waals surface area contributed by atoms with Crippen LogP contribution in [0.4, 0.5) is 0 Å². The summed E-state index contributed by atoms with van der Waals surface area (Å²) in [7, 11) is 0. The van der Waals surface area contributed by atoms with E-state index in [0.29, 0.717) is 0 Å². The highest BCUT2D eigenvalue weighted by molar-refractivity contribution is 5.91. The highest BCUT2D eigenvalue weighted by Gasteiger charge is 2.18. The van der Waals surface area contributed by atoms with Crippen molar-refractivity contribution < 1.29 is 0 Å². The SMILES string of the molecule is CCCc1c(-c2ccc(CC)cc2)ccc(-c2cc(C)cc(CC)c2)c1-c1cc(CC)cc(CC)c1. The lowest BCUT2D eigenvalue weighted by molar-refractivity contribution is 0.925. The average Bonchev–Trinajstić information content (AvgIpc) is 2.92. The fourth-order valence-electron chi connectivity index (χ4n) is 5.46. The minimum absolute atomic E-state index is 1.05. The van der Waals surface area contributed by atoms with Gasteiger partial charge in [-0.25, -0.2) is 0 Å². The number of hydrogen-bond acceptors (Lipinski definition) is 0. The topological polar surface area (TPSA) is 0 Å². The Morgan fingerprint density at radius 3 is 1.61 bits per heavy atom. The molecular formula is C36H42. The Morgan fingerprint density at radius 2 is 1.03 bits per heavy atom. The first-order valence-corrected chi connectivity index (χ1v) is 14.0. The minimum atomic E-state index is 1.05. The quantitative estimate of drug-likeness (QED) is 0.226. The molecule has 0 fully saturated rings. The van der Waals surface area contributed by atoms with E-state index in [1.165, 1.54) is 66.8 Å². The number of benzene rings is 4. The number of aryl methyl sites for hydroxylation is 5. The van der Waals surface area contributed by atoms with Gasteiger partial charge in [0.1, 0.15) is 0 Å². The Kier molecular flexibility index (Phi) is 8.47. The molecule has 36 heavy (non-hydrogen) atoms. The van der Waals surface area contributed by atoms with Crippen molar-refractivity contribution in [3.63, 3.8) is 0 Å². The van der Waals surface area contributed by atoms with Crippen LogP contribution in [0.1, 0.15) is 74.4 Å². The van der Waals surface area contributed by atoms with Gasteiger partial charge in [0.05, 0.1) is 0 Å². The molecule has 0 heteroatoms. The Hall–Kier alpha value is -3.12. The van der Waals surface area contributed by atoms with Gasteiger partial charge in [0.2, 0.25) is 0 Å². The van der Waals surface area contributed by atoms with Crippen molar-refractivity contribution in [3.8, 4) is 33.4 Å². The first-order chi connectivity index (χ1) is 17.5. The molecule has 0 spiro atoms. The average molecular weight is 475 g/mol. The number of hydrogen-bond donors (Lipinski definition) is 0. The molecule has 186 valence electrons. The van der Waals surface area contributed by atoms with Gasteiger partial charge in [0.25, 0.3) is 0 Å². The molecule has 4 aromatic carbocycles. The van der Waals surface area contributed by atoms with E-state index in [0.717, 1.165) is 38.5 Å². The van der Waals surface area contributed by atoms with E-state index < -0.39 is 0 Å². The molecule has 0 aliphatic carbocycles. The van der Waals surface area contributed by atoms with Crippen molar-refractivity contribution in [2.24, 2.45) is 0 Å². The molecule has 0 atom stereocenters. The predicted octanol–water partition coefficient (Wildman–Crippen LogP) is 10.2. The van der Waals surface area contributed by atoms with E-state index >= 15 is 0 Å². The van der Waals surface area contributed by atoms with Gasteiger partial charge in [-0.15, -0.1) is 0 Å². The lowest BCUT2D eigenvalue weighted by Gasteiger charge is -2.22. The molecule has 0 nitrogen and oxygen atoms in total. The van der Waals surface area contributed by atoms with Crippen LogP contribution in [-0.2, 0) is 32.1 Å². The fourth-order valence-corrected chi connectivity index (χ4v) is 5.46. The fraction of sp³-hybridized carbons (Fsp3) is 0.333. The van der Waals surface area contributed by atoms with E-state index in [4.69, 9.17) is 0 Å². The van der Waals surface area contributed by atoms with Gasteiger partial charge < -0.3 is 0 Å². The summed E-state index contributed by atoms with van der Waals surface area (Å²) in [5, 5.41) is 0. The zero-order valence-electron chi connectivity index (χ0n) is 23.2. The van der Waals surface area contributed by atoms with Crippen molar-refractivity contribution in [2.75, 3.05) is 0 Å². The second-order valence-electron chi connectivity index (χ2n) is 10.1. The molecule has 0 heterocycles. The molecule has 0 saturated carbocycles. The van der Waals surface area contributed by atoms with Crippen molar-refractivity contribution in [2.45, 2.75) is 80.1 Å². The summed E-state index contributed by atoms with van der Waals surface area (Å²) in [6.45, 7) is 13.6. The van der Waals surface area contributed by atoms with E-state index in [-0.39, 0.29) is 0 Å². The molecule has 0 aromatic heterocycles. The lowest BCUT2D eigenvalue weighted by Crippen LogP contribution is -2.00. The molecule has 0 aliphatic heterocycles. The van der Waals surface area contributed by atoms with Crippen molar-refractivity contribution in [1.29, 1.82) is 0 Å². The second-order valence-corrected chi connectivity index (χ2v) is 10.1. The molecule has 0 amide bonds. The van der Waals surface area contributed by atoms with Crippen LogP contribution in [0.25, 0.3) is 33.4 Å². The summed E-state index contributed by atoms with van der Waals surface area (Å²) in [4.78, 5) is 0. The molecule has 0 N–H and O–H groups in total. The lowest BCUT2D eigenvalue weighted by atomic mass is 9.82. The predicted molar refractivity (Wildman–Crippen MR) is 159 cm³/mol. The van der Waals surface area contributed by atoms with Crippen LogP contribution in [0.3, 0.4) is 0 Å². The van der Waals surface area contributed by atoms with Gasteiger partial charge in [0.15, 0.2) is 0 Å². The van der Waals surface area contributed by atoms with Crippen molar-refractivity contribution in [1.82, 2.24) is 0 Å². The van der Waals surface area contributed by atoms with Gasteiger partial charge in [0, 0.05) is 0 Å². The Balaban J connectivity index is 2.07. The molecule has 0 unspecified atom stereocenters. The van der Waals surface area contributed by atoms with Gasteiger partial charge in [-0.1, -0.05) is 119 Å². The third-order valence-electron chi connectivity index (χ3n) is 7.50. The zero-order valence-corrected chi connectivity index (χ0v) is 23.2. The molecule has 0 radical (unpaired) electrons. The third-order valence-corrected chi connectivity index (χ3v) is 7.50. The molecule has 0 saturated heterocycles.